The first-order valence-corrected chi connectivity index (χ1v) is 9.42. The molecule has 0 radical (unpaired) electrons. The Morgan fingerprint density at radius 2 is 1.96 bits per heavy atom. The molecule has 0 saturated heterocycles. The van der Waals surface area contributed by atoms with Gasteiger partial charge in [0.05, 0.1) is 11.9 Å². The Morgan fingerprint density at radius 1 is 1.25 bits per heavy atom. The van der Waals surface area contributed by atoms with E-state index in [4.69, 9.17) is 10.5 Å². The average Bonchev–Trinajstić information content (AvgIpc) is 3.09. The smallest absolute Gasteiger partial charge is 0.283 e. The molecule has 3 rings (SSSR count). The molecule has 0 fully saturated rings. The van der Waals surface area contributed by atoms with Crippen LogP contribution in [0.4, 0.5) is 9.52 Å². The van der Waals surface area contributed by atoms with Crippen LogP contribution in [0.5, 0.6) is 5.75 Å². The average molecular weight is 398 g/mol. The van der Waals surface area contributed by atoms with Gasteiger partial charge in [0.25, 0.3) is 5.91 Å². The number of hydrogen-bond donors (Lipinski definition) is 2. The number of halogens is 1. The van der Waals surface area contributed by atoms with Crippen molar-refractivity contribution in [1.29, 1.82) is 0 Å². The van der Waals surface area contributed by atoms with E-state index in [9.17, 15) is 9.18 Å². The van der Waals surface area contributed by atoms with Gasteiger partial charge in [-0.05, 0) is 53.9 Å². The number of nitrogens with zero attached hydrogens (tertiary/aromatic N) is 2. The number of nitrogens with two attached hydrogens (primary N) is 1. The van der Waals surface area contributed by atoms with E-state index in [1.54, 1.807) is 24.3 Å². The molecule has 8 heteroatoms. The zero-order valence-electron chi connectivity index (χ0n) is 15.2. The zero-order chi connectivity index (χ0) is 19.9. The number of aromatic nitrogens is 1. The van der Waals surface area contributed by atoms with Crippen LogP contribution in [0.1, 0.15) is 33.4 Å². The van der Waals surface area contributed by atoms with Crippen LogP contribution in [-0.2, 0) is 13.0 Å². The summed E-state index contributed by atoms with van der Waals surface area (Å²) in [7, 11) is 0. The van der Waals surface area contributed by atoms with Crippen LogP contribution in [0.3, 0.4) is 0 Å². The molecule has 3 N–H and O–H groups in total. The van der Waals surface area contributed by atoms with Gasteiger partial charge < -0.3 is 10.5 Å². The number of nitrogen functional groups attached to an aromatic ring is 1. The minimum atomic E-state index is -0.332. The first kappa shape index (κ1) is 19.5. The second kappa shape index (κ2) is 9.09. The highest BCUT2D eigenvalue weighted by atomic mass is 32.1. The van der Waals surface area contributed by atoms with Gasteiger partial charge in [0.15, 0.2) is 5.13 Å². The molecule has 1 heterocycles. The molecule has 0 spiro atoms. The number of thiazole rings is 1. The van der Waals surface area contributed by atoms with Crippen LogP contribution < -0.4 is 15.9 Å². The second-order valence-electron chi connectivity index (χ2n) is 5.86. The molecule has 0 unspecified atom stereocenters. The van der Waals surface area contributed by atoms with Crippen molar-refractivity contribution in [2.24, 2.45) is 5.10 Å². The second-order valence-corrected chi connectivity index (χ2v) is 6.90. The number of ether oxygens (including phenoxy) is 1. The van der Waals surface area contributed by atoms with Crippen molar-refractivity contribution in [3.8, 4) is 5.75 Å². The van der Waals surface area contributed by atoms with Crippen molar-refractivity contribution < 1.29 is 13.9 Å². The molecule has 1 aromatic heterocycles. The first-order chi connectivity index (χ1) is 13.5. The predicted octanol–water partition coefficient (Wildman–Crippen LogP) is 3.77. The molecular formula is C20H19FN4O2S. The molecule has 0 aliphatic carbocycles. The lowest BCUT2D eigenvalue weighted by atomic mass is 10.2. The lowest BCUT2D eigenvalue weighted by molar-refractivity contribution is 0.0958. The Morgan fingerprint density at radius 3 is 2.64 bits per heavy atom. The number of hydrogen-bond acceptors (Lipinski definition) is 6. The number of amides is 1. The normalized spacial score (nSPS) is 10.9. The number of anilines is 1. The molecule has 0 atom stereocenters. The number of rotatable bonds is 7. The van der Waals surface area contributed by atoms with Crippen molar-refractivity contribution in [3.05, 3.63) is 76.0 Å². The minimum Gasteiger partial charge on any atom is -0.489 e. The van der Waals surface area contributed by atoms with Gasteiger partial charge in [0.1, 0.15) is 23.1 Å². The summed E-state index contributed by atoms with van der Waals surface area (Å²) >= 11 is 1.14. The summed E-state index contributed by atoms with van der Waals surface area (Å²) in [5.41, 5.74) is 10.5. The largest absolute Gasteiger partial charge is 0.489 e. The van der Waals surface area contributed by atoms with Crippen LogP contribution in [0.2, 0.25) is 0 Å². The highest BCUT2D eigenvalue weighted by Crippen LogP contribution is 2.20. The van der Waals surface area contributed by atoms with E-state index in [0.29, 0.717) is 34.5 Å². The first-order valence-electron chi connectivity index (χ1n) is 8.61. The van der Waals surface area contributed by atoms with Crippen LogP contribution >= 0.6 is 11.3 Å². The fraction of sp³-hybridized carbons (Fsp3) is 0.150. The van der Waals surface area contributed by atoms with E-state index in [1.165, 1.54) is 18.3 Å². The van der Waals surface area contributed by atoms with Crippen molar-refractivity contribution in [1.82, 2.24) is 10.4 Å². The molecule has 0 aliphatic heterocycles. The van der Waals surface area contributed by atoms with E-state index < -0.39 is 0 Å². The van der Waals surface area contributed by atoms with E-state index in [2.05, 4.69) is 15.5 Å². The van der Waals surface area contributed by atoms with Gasteiger partial charge in [-0.15, -0.1) is 0 Å². The zero-order valence-corrected chi connectivity index (χ0v) is 16.0. The monoisotopic (exact) mass is 398 g/mol. The molecule has 1 amide bonds. The summed E-state index contributed by atoms with van der Waals surface area (Å²) < 4.78 is 18.6. The number of carbonyl (C=O) groups excluding carboxylic acids is 1. The van der Waals surface area contributed by atoms with E-state index in [-0.39, 0.29) is 11.7 Å². The van der Waals surface area contributed by atoms with Gasteiger partial charge in [-0.1, -0.05) is 30.4 Å². The molecule has 28 heavy (non-hydrogen) atoms. The topological polar surface area (TPSA) is 89.6 Å². The Balaban J connectivity index is 1.53. The lowest BCUT2D eigenvalue weighted by Crippen LogP contribution is -2.17. The summed E-state index contributed by atoms with van der Waals surface area (Å²) in [6, 6.07) is 13.4. The van der Waals surface area contributed by atoms with Gasteiger partial charge in [0, 0.05) is 0 Å². The predicted molar refractivity (Wildman–Crippen MR) is 108 cm³/mol. The summed E-state index contributed by atoms with van der Waals surface area (Å²) in [5, 5.41) is 4.33. The number of carbonyl (C=O) groups is 1. The maximum absolute atomic E-state index is 12.9. The number of benzene rings is 2. The van der Waals surface area contributed by atoms with Gasteiger partial charge >= 0.3 is 0 Å². The number of aryl methyl sites for hydroxylation is 1. The molecule has 3 aromatic rings. The molecule has 6 nitrogen and oxygen atoms in total. The Bertz CT molecular complexity index is 969. The van der Waals surface area contributed by atoms with Crippen molar-refractivity contribution >= 4 is 28.6 Å². The van der Waals surface area contributed by atoms with Gasteiger partial charge in [-0.25, -0.2) is 14.8 Å². The minimum absolute atomic E-state index is 0.274. The Kier molecular flexibility index (Phi) is 6.33. The third-order valence-corrected chi connectivity index (χ3v) is 4.76. The van der Waals surface area contributed by atoms with E-state index >= 15 is 0 Å². The summed E-state index contributed by atoms with van der Waals surface area (Å²) in [6.45, 7) is 2.26. The fourth-order valence-corrected chi connectivity index (χ4v) is 3.21. The molecule has 0 bridgehead atoms. The van der Waals surface area contributed by atoms with Crippen LogP contribution in [0.15, 0.2) is 53.6 Å². The molecule has 0 saturated carbocycles. The SMILES string of the molecule is CCc1nc(N)sc1C(=O)NN=Cc1ccc(OCc2ccc(F)cc2)cc1. The molecular weight excluding hydrogens is 379 g/mol. The van der Waals surface area contributed by atoms with Crippen LogP contribution in [0.25, 0.3) is 0 Å². The summed E-state index contributed by atoms with van der Waals surface area (Å²) in [6.07, 6.45) is 2.16. The standard InChI is InChI=1S/C20H19FN4O2S/c1-2-17-18(28-20(22)24-17)19(26)25-23-11-13-5-9-16(10-6-13)27-12-14-3-7-15(21)8-4-14/h3-11H,2,12H2,1H3,(H2,22,24)(H,25,26). The fourth-order valence-electron chi connectivity index (χ4n) is 2.40. The quantitative estimate of drug-likeness (QED) is 0.468. The van der Waals surface area contributed by atoms with Crippen LogP contribution in [0, 0.1) is 5.82 Å². The Labute approximate surface area is 165 Å². The van der Waals surface area contributed by atoms with Gasteiger partial charge in [-0.2, -0.15) is 5.10 Å². The molecule has 2 aromatic carbocycles. The Hall–Kier alpha value is -3.26. The maximum atomic E-state index is 12.9. The van der Waals surface area contributed by atoms with Crippen molar-refractivity contribution in [2.75, 3.05) is 5.73 Å². The summed E-state index contributed by atoms with van der Waals surface area (Å²) in [4.78, 5) is 16.8. The van der Waals surface area contributed by atoms with Gasteiger partial charge in [0.2, 0.25) is 0 Å². The lowest BCUT2D eigenvalue weighted by Gasteiger charge is -2.06. The number of nitrogens with one attached hydrogen (secondary N) is 1. The third-order valence-electron chi connectivity index (χ3n) is 3.83. The molecule has 144 valence electrons. The maximum Gasteiger partial charge on any atom is 0.283 e. The highest BCUT2D eigenvalue weighted by Gasteiger charge is 2.15. The number of hydrazone groups is 1. The summed E-state index contributed by atoms with van der Waals surface area (Å²) in [5.74, 6) is 0.0731. The molecule has 0 aliphatic rings. The van der Waals surface area contributed by atoms with E-state index in [1.807, 2.05) is 19.1 Å². The highest BCUT2D eigenvalue weighted by molar-refractivity contribution is 7.17. The van der Waals surface area contributed by atoms with Crippen molar-refractivity contribution in [3.63, 3.8) is 0 Å². The van der Waals surface area contributed by atoms with Gasteiger partial charge in [-0.3, -0.25) is 4.79 Å². The van der Waals surface area contributed by atoms with Crippen LogP contribution in [-0.4, -0.2) is 17.1 Å². The van der Waals surface area contributed by atoms with E-state index in [0.717, 1.165) is 22.5 Å². The third kappa shape index (κ3) is 5.14. The van der Waals surface area contributed by atoms with Crippen molar-refractivity contribution in [2.45, 2.75) is 20.0 Å².